The molecule has 1 heterocycles. The Kier molecular flexibility index (Phi) is 3.84. The molecule has 0 amide bonds. The SMILES string of the molecule is O=S(=O)(CCC=C(F)F)c1cnc2ccccc2n1. The first kappa shape index (κ1) is 13.5. The number of rotatable bonds is 4. The molecular weight excluding hydrogens is 274 g/mol. The maximum absolute atomic E-state index is 11.9. The van der Waals surface area contributed by atoms with Crippen LogP contribution in [-0.4, -0.2) is 24.1 Å². The molecule has 0 aliphatic rings. The van der Waals surface area contributed by atoms with E-state index in [1.165, 1.54) is 0 Å². The van der Waals surface area contributed by atoms with Gasteiger partial charge in [-0.1, -0.05) is 12.1 Å². The zero-order chi connectivity index (χ0) is 13.9. The van der Waals surface area contributed by atoms with Gasteiger partial charge in [0, 0.05) is 0 Å². The second kappa shape index (κ2) is 5.40. The molecule has 4 nitrogen and oxygen atoms in total. The van der Waals surface area contributed by atoms with Crippen LogP contribution in [0.5, 0.6) is 0 Å². The van der Waals surface area contributed by atoms with Crippen LogP contribution in [0.15, 0.2) is 47.6 Å². The van der Waals surface area contributed by atoms with Gasteiger partial charge in [-0.15, -0.1) is 0 Å². The molecule has 100 valence electrons. The van der Waals surface area contributed by atoms with E-state index in [0.29, 0.717) is 17.1 Å². The molecule has 1 aromatic carbocycles. The minimum Gasteiger partial charge on any atom is -0.252 e. The van der Waals surface area contributed by atoms with Gasteiger partial charge in [-0.05, 0) is 24.6 Å². The number of nitrogens with zero attached hydrogens (tertiary/aromatic N) is 2. The van der Waals surface area contributed by atoms with E-state index in [-0.39, 0.29) is 11.4 Å². The number of fused-ring (bicyclic) bond motifs is 1. The molecule has 0 saturated heterocycles. The number of benzene rings is 1. The predicted molar refractivity (Wildman–Crippen MR) is 66.5 cm³/mol. The summed E-state index contributed by atoms with van der Waals surface area (Å²) in [7, 11) is -3.70. The van der Waals surface area contributed by atoms with E-state index in [4.69, 9.17) is 0 Å². The molecule has 2 rings (SSSR count). The maximum atomic E-state index is 11.9. The third-order valence-corrected chi connectivity index (χ3v) is 4.04. The highest BCUT2D eigenvalue weighted by atomic mass is 32.2. The van der Waals surface area contributed by atoms with E-state index < -0.39 is 21.7 Å². The van der Waals surface area contributed by atoms with Crippen molar-refractivity contribution in [3.63, 3.8) is 0 Å². The summed E-state index contributed by atoms with van der Waals surface area (Å²) in [5.74, 6) is -0.419. The Labute approximate surface area is 108 Å². The van der Waals surface area contributed by atoms with Crippen molar-refractivity contribution in [3.05, 3.63) is 42.6 Å². The average molecular weight is 284 g/mol. The zero-order valence-corrected chi connectivity index (χ0v) is 10.6. The highest BCUT2D eigenvalue weighted by Crippen LogP contribution is 2.14. The fraction of sp³-hybridized carbons (Fsp3) is 0.167. The Hall–Kier alpha value is -1.89. The second-order valence-electron chi connectivity index (χ2n) is 3.80. The highest BCUT2D eigenvalue weighted by molar-refractivity contribution is 7.91. The van der Waals surface area contributed by atoms with E-state index in [9.17, 15) is 17.2 Å². The summed E-state index contributed by atoms with van der Waals surface area (Å²) in [6, 6.07) is 6.83. The number of hydrogen-bond donors (Lipinski definition) is 0. The Bertz CT molecular complexity index is 725. The van der Waals surface area contributed by atoms with E-state index in [1.54, 1.807) is 24.3 Å². The molecule has 0 bridgehead atoms. The average Bonchev–Trinajstić information content (AvgIpc) is 2.37. The van der Waals surface area contributed by atoms with Gasteiger partial charge in [0.15, 0.2) is 14.9 Å². The molecule has 0 N–H and O–H groups in total. The van der Waals surface area contributed by atoms with E-state index in [1.807, 2.05) is 0 Å². The van der Waals surface area contributed by atoms with Crippen molar-refractivity contribution in [1.29, 1.82) is 0 Å². The fourth-order valence-corrected chi connectivity index (χ4v) is 2.61. The first-order chi connectivity index (χ1) is 8.99. The van der Waals surface area contributed by atoms with Crippen molar-refractivity contribution >= 4 is 20.9 Å². The van der Waals surface area contributed by atoms with Gasteiger partial charge in [0.25, 0.3) is 6.08 Å². The molecule has 2 aromatic rings. The molecule has 0 atom stereocenters. The largest absolute Gasteiger partial charge is 0.266 e. The summed E-state index contributed by atoms with van der Waals surface area (Å²) >= 11 is 0. The third-order valence-electron chi connectivity index (χ3n) is 2.43. The molecule has 0 aliphatic carbocycles. The quantitative estimate of drug-likeness (QED) is 0.865. The van der Waals surface area contributed by atoms with E-state index in [2.05, 4.69) is 9.97 Å². The van der Waals surface area contributed by atoms with Gasteiger partial charge in [-0.25, -0.2) is 13.4 Å². The van der Waals surface area contributed by atoms with Crippen molar-refractivity contribution in [3.8, 4) is 0 Å². The number of allylic oxidation sites excluding steroid dienone is 1. The van der Waals surface area contributed by atoms with Gasteiger partial charge < -0.3 is 0 Å². The molecule has 0 saturated carbocycles. The van der Waals surface area contributed by atoms with Crippen LogP contribution in [0.4, 0.5) is 8.78 Å². The molecule has 0 unspecified atom stereocenters. The fourth-order valence-electron chi connectivity index (χ4n) is 1.52. The minimum absolute atomic E-state index is 0.195. The summed E-state index contributed by atoms with van der Waals surface area (Å²) in [6.45, 7) is 0. The lowest BCUT2D eigenvalue weighted by atomic mass is 10.3. The highest BCUT2D eigenvalue weighted by Gasteiger charge is 2.16. The standard InChI is InChI=1S/C12H10F2N2O2S/c13-11(14)6-3-7-19(17,18)12-8-15-9-4-1-2-5-10(9)16-12/h1-2,4-6,8H,3,7H2. The minimum atomic E-state index is -3.70. The molecule has 19 heavy (non-hydrogen) atoms. The summed E-state index contributed by atoms with van der Waals surface area (Å²) < 4.78 is 47.5. The molecule has 0 radical (unpaired) electrons. The van der Waals surface area contributed by atoms with Crippen LogP contribution in [0.25, 0.3) is 11.0 Å². The van der Waals surface area contributed by atoms with Gasteiger partial charge >= 0.3 is 0 Å². The Morgan fingerprint density at radius 2 is 1.89 bits per heavy atom. The lowest BCUT2D eigenvalue weighted by Gasteiger charge is -2.02. The first-order valence-corrected chi connectivity index (χ1v) is 7.10. The number of halogens is 2. The second-order valence-corrected chi connectivity index (χ2v) is 5.85. The number of sulfone groups is 1. The lowest BCUT2D eigenvalue weighted by Crippen LogP contribution is -2.09. The maximum Gasteiger partial charge on any atom is 0.266 e. The van der Waals surface area contributed by atoms with Crippen molar-refractivity contribution in [1.82, 2.24) is 9.97 Å². The summed E-state index contributed by atoms with van der Waals surface area (Å²) in [6.07, 6.45) is -0.418. The number of aromatic nitrogens is 2. The lowest BCUT2D eigenvalue weighted by molar-refractivity contribution is 0.418. The van der Waals surface area contributed by atoms with Crippen molar-refractivity contribution in [2.24, 2.45) is 0 Å². The van der Waals surface area contributed by atoms with Gasteiger partial charge in [0.1, 0.15) is 0 Å². The van der Waals surface area contributed by atoms with Crippen LogP contribution >= 0.6 is 0 Å². The third kappa shape index (κ3) is 3.31. The van der Waals surface area contributed by atoms with Crippen LogP contribution in [0.2, 0.25) is 0 Å². The monoisotopic (exact) mass is 284 g/mol. The van der Waals surface area contributed by atoms with Crippen LogP contribution in [0.1, 0.15) is 6.42 Å². The van der Waals surface area contributed by atoms with Crippen molar-refractivity contribution in [2.75, 3.05) is 5.75 Å². The summed E-state index contributed by atoms with van der Waals surface area (Å²) in [5.41, 5.74) is 1.03. The topological polar surface area (TPSA) is 59.9 Å². The molecule has 1 aromatic heterocycles. The predicted octanol–water partition coefficient (Wildman–Crippen LogP) is 2.57. The Morgan fingerprint density at radius 3 is 2.58 bits per heavy atom. The van der Waals surface area contributed by atoms with Crippen LogP contribution < -0.4 is 0 Å². The first-order valence-electron chi connectivity index (χ1n) is 5.45. The summed E-state index contributed by atoms with van der Waals surface area (Å²) in [5, 5.41) is -0.195. The molecular formula is C12H10F2N2O2S. The summed E-state index contributed by atoms with van der Waals surface area (Å²) in [4.78, 5) is 7.97. The van der Waals surface area contributed by atoms with Crippen LogP contribution in [-0.2, 0) is 9.84 Å². The molecule has 0 fully saturated rings. The normalized spacial score (nSPS) is 11.5. The van der Waals surface area contributed by atoms with Gasteiger partial charge in [-0.3, -0.25) is 4.98 Å². The number of hydrogen-bond acceptors (Lipinski definition) is 4. The zero-order valence-electron chi connectivity index (χ0n) is 9.75. The van der Waals surface area contributed by atoms with Gasteiger partial charge in [-0.2, -0.15) is 8.78 Å². The number of para-hydroxylation sites is 2. The smallest absolute Gasteiger partial charge is 0.252 e. The van der Waals surface area contributed by atoms with E-state index in [0.717, 1.165) is 6.20 Å². The van der Waals surface area contributed by atoms with Crippen LogP contribution in [0.3, 0.4) is 0 Å². The Morgan fingerprint density at radius 1 is 1.21 bits per heavy atom. The molecule has 0 aliphatic heterocycles. The molecule has 0 spiro atoms. The van der Waals surface area contributed by atoms with Crippen molar-refractivity contribution < 1.29 is 17.2 Å². The van der Waals surface area contributed by atoms with Crippen molar-refractivity contribution in [2.45, 2.75) is 11.4 Å². The van der Waals surface area contributed by atoms with Gasteiger partial charge in [0.2, 0.25) is 0 Å². The van der Waals surface area contributed by atoms with Crippen LogP contribution in [0, 0.1) is 0 Å². The Balaban J connectivity index is 2.30. The van der Waals surface area contributed by atoms with Gasteiger partial charge in [0.05, 0.1) is 23.0 Å². The van der Waals surface area contributed by atoms with E-state index >= 15 is 0 Å². The molecule has 7 heteroatoms.